The van der Waals surface area contributed by atoms with E-state index in [0.29, 0.717) is 17.3 Å². The third-order valence-corrected chi connectivity index (χ3v) is 8.88. The Morgan fingerprint density at radius 2 is 1.44 bits per heavy atom. The van der Waals surface area contributed by atoms with E-state index in [1.165, 1.54) is 57.8 Å². The van der Waals surface area contributed by atoms with Gasteiger partial charge < -0.3 is 0 Å². The van der Waals surface area contributed by atoms with Crippen LogP contribution < -0.4 is 0 Å². The van der Waals surface area contributed by atoms with Gasteiger partial charge in [-0.05, 0) is 61.7 Å². The van der Waals surface area contributed by atoms with Crippen LogP contribution in [-0.2, 0) is 9.59 Å². The van der Waals surface area contributed by atoms with Crippen LogP contribution in [0.15, 0.2) is 0 Å². The molecule has 1 aliphatic heterocycles. The minimum absolute atomic E-state index is 0.0288. The predicted molar refractivity (Wildman–Crippen MR) is 108 cm³/mol. The summed E-state index contributed by atoms with van der Waals surface area (Å²) in [6, 6.07) is 0.155. The Balaban J connectivity index is 1.54. The summed E-state index contributed by atoms with van der Waals surface area (Å²) in [6.07, 6.45) is 15.1. The van der Waals surface area contributed by atoms with E-state index in [2.05, 4.69) is 20.8 Å². The van der Waals surface area contributed by atoms with Crippen molar-refractivity contribution in [3.8, 4) is 0 Å². The van der Waals surface area contributed by atoms with Crippen molar-refractivity contribution in [2.24, 2.45) is 35.0 Å². The topological polar surface area (TPSA) is 37.4 Å². The van der Waals surface area contributed by atoms with Gasteiger partial charge in [-0.2, -0.15) is 0 Å². The molecule has 152 valence electrons. The molecule has 0 N–H and O–H groups in total. The van der Waals surface area contributed by atoms with Gasteiger partial charge in [-0.1, -0.05) is 59.3 Å². The van der Waals surface area contributed by atoms with Gasteiger partial charge in [-0.25, -0.2) is 0 Å². The molecule has 3 nitrogen and oxygen atoms in total. The average Bonchev–Trinajstić information content (AvgIpc) is 2.70. The summed E-state index contributed by atoms with van der Waals surface area (Å²) >= 11 is 0. The van der Waals surface area contributed by atoms with E-state index in [-0.39, 0.29) is 29.7 Å². The molecule has 3 heteroatoms. The van der Waals surface area contributed by atoms with Gasteiger partial charge in [-0.15, -0.1) is 0 Å². The van der Waals surface area contributed by atoms with Crippen molar-refractivity contribution in [1.29, 1.82) is 0 Å². The highest BCUT2D eigenvalue weighted by Crippen LogP contribution is 2.54. The molecule has 6 atom stereocenters. The monoisotopic (exact) mass is 373 g/mol. The summed E-state index contributed by atoms with van der Waals surface area (Å²) in [5.41, 5.74) is 0.388. The number of rotatable bonds is 3. The number of carbonyl (C=O) groups excluding carboxylic acids is 2. The van der Waals surface area contributed by atoms with Crippen LogP contribution in [0.3, 0.4) is 0 Å². The molecule has 0 aromatic heterocycles. The second-order valence-electron chi connectivity index (χ2n) is 10.6. The first-order valence-electron chi connectivity index (χ1n) is 11.8. The van der Waals surface area contributed by atoms with Crippen LogP contribution in [0.2, 0.25) is 0 Å². The van der Waals surface area contributed by atoms with Gasteiger partial charge >= 0.3 is 0 Å². The molecule has 5 unspecified atom stereocenters. The molecule has 0 aromatic carbocycles. The van der Waals surface area contributed by atoms with Gasteiger partial charge in [0.25, 0.3) is 0 Å². The lowest BCUT2D eigenvalue weighted by Crippen LogP contribution is -2.54. The summed E-state index contributed by atoms with van der Waals surface area (Å²) < 4.78 is 0. The molecule has 4 rings (SSSR count). The van der Waals surface area contributed by atoms with E-state index in [0.717, 1.165) is 25.2 Å². The van der Waals surface area contributed by atoms with E-state index >= 15 is 0 Å². The summed E-state index contributed by atoms with van der Waals surface area (Å²) in [5.74, 6) is 2.14. The number of amides is 2. The Hall–Kier alpha value is -0.860. The van der Waals surface area contributed by atoms with Gasteiger partial charge in [0.2, 0.25) is 11.8 Å². The maximum atomic E-state index is 12.9. The molecule has 3 aliphatic carbocycles. The van der Waals surface area contributed by atoms with Crippen molar-refractivity contribution >= 4 is 11.8 Å². The number of imide groups is 1. The Morgan fingerprint density at radius 1 is 0.889 bits per heavy atom. The summed E-state index contributed by atoms with van der Waals surface area (Å²) in [6.45, 7) is 7.13. The number of carbonyl (C=O) groups is 2. The largest absolute Gasteiger partial charge is 0.278 e. The van der Waals surface area contributed by atoms with Crippen molar-refractivity contribution < 1.29 is 9.59 Å². The van der Waals surface area contributed by atoms with Crippen LogP contribution in [0, 0.1) is 35.0 Å². The first kappa shape index (κ1) is 19.5. The molecule has 0 bridgehead atoms. The third-order valence-electron chi connectivity index (χ3n) is 8.88. The van der Waals surface area contributed by atoms with Gasteiger partial charge in [0.15, 0.2) is 0 Å². The zero-order valence-electron chi connectivity index (χ0n) is 17.7. The van der Waals surface area contributed by atoms with Crippen molar-refractivity contribution in [1.82, 2.24) is 4.90 Å². The molecule has 0 radical (unpaired) electrons. The normalized spacial score (nSPS) is 43.8. The molecule has 4 fully saturated rings. The lowest BCUT2D eigenvalue weighted by atomic mass is 9.57. The second-order valence-corrected chi connectivity index (χ2v) is 10.6. The zero-order valence-corrected chi connectivity index (χ0v) is 17.7. The molecule has 0 aromatic rings. The number of hydrogen-bond donors (Lipinski definition) is 0. The average molecular weight is 374 g/mol. The van der Waals surface area contributed by atoms with Crippen LogP contribution in [0.4, 0.5) is 0 Å². The van der Waals surface area contributed by atoms with E-state index in [1.54, 1.807) is 4.90 Å². The van der Waals surface area contributed by atoms with Gasteiger partial charge in [0, 0.05) is 6.04 Å². The van der Waals surface area contributed by atoms with Crippen LogP contribution in [0.25, 0.3) is 0 Å². The molecule has 1 saturated heterocycles. The molecule has 4 aliphatic rings. The molecule has 1 heterocycles. The highest BCUT2D eigenvalue weighted by Gasteiger charge is 2.58. The summed E-state index contributed by atoms with van der Waals surface area (Å²) in [5, 5.41) is 0. The molecular formula is C24H39NO2. The van der Waals surface area contributed by atoms with Gasteiger partial charge in [-0.3, -0.25) is 14.5 Å². The highest BCUT2D eigenvalue weighted by molar-refractivity contribution is 6.06. The molecule has 0 spiro atoms. The first-order valence-corrected chi connectivity index (χ1v) is 11.8. The van der Waals surface area contributed by atoms with Crippen molar-refractivity contribution in [2.75, 3.05) is 0 Å². The zero-order chi connectivity index (χ0) is 19.2. The fraction of sp³-hybridized carbons (Fsp3) is 0.917. The highest BCUT2D eigenvalue weighted by atomic mass is 16.2. The van der Waals surface area contributed by atoms with Crippen molar-refractivity contribution in [3.63, 3.8) is 0 Å². The number of fused-ring (bicyclic) bond motifs is 1. The van der Waals surface area contributed by atoms with Crippen LogP contribution >= 0.6 is 0 Å². The minimum atomic E-state index is 0.0288. The van der Waals surface area contributed by atoms with Crippen molar-refractivity contribution in [2.45, 2.75) is 104 Å². The quantitative estimate of drug-likeness (QED) is 0.606. The molecule has 2 amide bonds. The van der Waals surface area contributed by atoms with Crippen molar-refractivity contribution in [3.05, 3.63) is 0 Å². The Labute approximate surface area is 165 Å². The van der Waals surface area contributed by atoms with Gasteiger partial charge in [0.1, 0.15) is 0 Å². The summed E-state index contributed by atoms with van der Waals surface area (Å²) in [7, 11) is 0. The third kappa shape index (κ3) is 3.27. The van der Waals surface area contributed by atoms with Gasteiger partial charge in [0.05, 0.1) is 11.8 Å². The van der Waals surface area contributed by atoms with E-state index in [4.69, 9.17) is 0 Å². The minimum Gasteiger partial charge on any atom is -0.278 e. The number of nitrogens with zero attached hydrogens (tertiary/aromatic N) is 1. The standard InChI is InChI=1S/C24H39NO2/c1-4-17-15-24(3,18-10-8-6-5-7-9-11-18)14-16(2)21(17)25-22(26)19-12-13-20(19)23(25)27/h16-21H,4-15H2,1-3H3/t16?,17?,19-,20?,21?,24?/m0/s1. The second kappa shape index (κ2) is 7.52. The van der Waals surface area contributed by atoms with Crippen LogP contribution in [0.1, 0.15) is 97.8 Å². The fourth-order valence-corrected chi connectivity index (χ4v) is 7.31. The van der Waals surface area contributed by atoms with E-state index in [1.807, 2.05) is 0 Å². The maximum absolute atomic E-state index is 12.9. The Morgan fingerprint density at radius 3 is 1.96 bits per heavy atom. The molecular weight excluding hydrogens is 334 g/mol. The summed E-state index contributed by atoms with van der Waals surface area (Å²) in [4.78, 5) is 27.6. The molecule has 3 saturated carbocycles. The Kier molecular flexibility index (Phi) is 5.42. The van der Waals surface area contributed by atoms with Crippen LogP contribution in [0.5, 0.6) is 0 Å². The first-order chi connectivity index (χ1) is 13.0. The fourth-order valence-electron chi connectivity index (χ4n) is 7.31. The van der Waals surface area contributed by atoms with Crippen LogP contribution in [-0.4, -0.2) is 22.8 Å². The molecule has 27 heavy (non-hydrogen) atoms. The Bertz CT molecular complexity index is 557. The predicted octanol–water partition coefficient (Wildman–Crippen LogP) is 5.57. The van der Waals surface area contributed by atoms with E-state index < -0.39 is 0 Å². The number of likely N-dealkylation sites (tertiary alicyclic amines) is 1. The number of hydrogen-bond acceptors (Lipinski definition) is 2. The maximum Gasteiger partial charge on any atom is 0.233 e. The lowest BCUT2D eigenvalue weighted by molar-refractivity contribution is -0.148. The van der Waals surface area contributed by atoms with E-state index in [9.17, 15) is 9.59 Å². The smallest absolute Gasteiger partial charge is 0.233 e. The lowest BCUT2D eigenvalue weighted by Gasteiger charge is -2.52. The SMILES string of the molecule is CCC1CC(C)(C2CCCCCCC2)CC(C)C1N1C(=O)C2CC[C@@H]2C1=O.